The number of sulfonamides is 1. The third-order valence-corrected chi connectivity index (χ3v) is 9.52. The van der Waals surface area contributed by atoms with Gasteiger partial charge in [0, 0.05) is 25.2 Å². The zero-order valence-corrected chi connectivity index (χ0v) is 23.9. The van der Waals surface area contributed by atoms with Gasteiger partial charge in [0.25, 0.3) is 15.9 Å². The third kappa shape index (κ3) is 5.90. The number of nitrogens with zero attached hydrogens (tertiary/aromatic N) is 4. The maximum atomic E-state index is 13.8. The first-order chi connectivity index (χ1) is 18.3. The van der Waals surface area contributed by atoms with Gasteiger partial charge < -0.3 is 4.90 Å². The van der Waals surface area contributed by atoms with Gasteiger partial charge in [0.15, 0.2) is 5.13 Å². The molecule has 0 radical (unpaired) electrons. The lowest BCUT2D eigenvalue weighted by Gasteiger charge is -2.25. The van der Waals surface area contributed by atoms with Crippen LogP contribution in [-0.4, -0.2) is 56.9 Å². The largest absolute Gasteiger partial charge is 0.302 e. The van der Waals surface area contributed by atoms with Crippen LogP contribution < -0.4 is 9.21 Å². The Labute approximate surface area is 229 Å². The van der Waals surface area contributed by atoms with Crippen molar-refractivity contribution in [3.05, 3.63) is 83.9 Å². The summed E-state index contributed by atoms with van der Waals surface area (Å²) in [5, 5.41) is 0.640. The van der Waals surface area contributed by atoms with Gasteiger partial charge in [0.2, 0.25) is 0 Å². The average molecular weight is 551 g/mol. The van der Waals surface area contributed by atoms with E-state index in [9.17, 15) is 13.2 Å². The van der Waals surface area contributed by atoms with Crippen LogP contribution in [0.1, 0.15) is 36.7 Å². The molecular weight excluding hydrogens is 516 g/mol. The molecule has 0 aliphatic carbocycles. The molecule has 0 unspecified atom stereocenters. The minimum atomic E-state index is -3.78. The Hall–Kier alpha value is -3.27. The average Bonchev–Trinajstić information content (AvgIpc) is 3.34. The number of fused-ring (bicyclic) bond motifs is 1. The minimum Gasteiger partial charge on any atom is -0.302 e. The topological polar surface area (TPSA) is 73.8 Å². The maximum absolute atomic E-state index is 13.8. The molecular formula is C29H34N4O3S2. The van der Waals surface area contributed by atoms with Crippen molar-refractivity contribution in [2.45, 2.75) is 32.6 Å². The van der Waals surface area contributed by atoms with Gasteiger partial charge in [-0.3, -0.25) is 14.0 Å². The van der Waals surface area contributed by atoms with Gasteiger partial charge in [-0.1, -0.05) is 49.4 Å². The van der Waals surface area contributed by atoms with Crippen LogP contribution in [0.2, 0.25) is 0 Å². The number of hydrogen-bond donors (Lipinski definition) is 0. The lowest BCUT2D eigenvalue weighted by Crippen LogP contribution is -2.39. The van der Waals surface area contributed by atoms with E-state index in [2.05, 4.69) is 24.8 Å². The van der Waals surface area contributed by atoms with Crippen LogP contribution in [0.25, 0.3) is 10.2 Å². The van der Waals surface area contributed by atoms with Crippen LogP contribution in [0.4, 0.5) is 10.8 Å². The van der Waals surface area contributed by atoms with Crippen LogP contribution in [0, 0.1) is 6.92 Å². The third-order valence-electron chi connectivity index (χ3n) is 6.56. The number of likely N-dealkylation sites (N-methyl/N-ethyl adjacent to an activating group) is 1. The summed E-state index contributed by atoms with van der Waals surface area (Å²) in [6.07, 6.45) is 0. The Morgan fingerprint density at radius 2 is 1.55 bits per heavy atom. The molecule has 0 spiro atoms. The highest BCUT2D eigenvalue weighted by Gasteiger charge is 2.26. The fourth-order valence-corrected chi connectivity index (χ4v) is 6.90. The van der Waals surface area contributed by atoms with E-state index in [1.165, 1.54) is 27.8 Å². The van der Waals surface area contributed by atoms with Crippen LogP contribution in [0.3, 0.4) is 0 Å². The molecule has 1 amide bonds. The zero-order chi connectivity index (χ0) is 27.3. The standard InChI is InChI=1S/C29H34N4O3S2/c1-5-31(6-2)19-20-32(29-30-26-18-13-22(4)21-27(26)37-29)28(34)23-14-16-25(17-15-23)38(35,36)33(7-3)24-11-9-8-10-12-24/h8-18,21H,5-7,19-20H2,1-4H3. The molecule has 38 heavy (non-hydrogen) atoms. The maximum Gasteiger partial charge on any atom is 0.264 e. The molecule has 9 heteroatoms. The molecule has 3 aromatic carbocycles. The van der Waals surface area contributed by atoms with E-state index in [1.807, 2.05) is 37.3 Å². The fraction of sp³-hybridized carbons (Fsp3) is 0.310. The molecule has 0 fully saturated rings. The van der Waals surface area contributed by atoms with Crippen LogP contribution >= 0.6 is 11.3 Å². The van der Waals surface area contributed by atoms with Crippen molar-refractivity contribution in [1.29, 1.82) is 0 Å². The Morgan fingerprint density at radius 1 is 0.868 bits per heavy atom. The number of thiazole rings is 1. The molecule has 1 heterocycles. The van der Waals surface area contributed by atoms with Crippen LogP contribution in [-0.2, 0) is 10.0 Å². The molecule has 0 aliphatic rings. The molecule has 0 saturated carbocycles. The Morgan fingerprint density at radius 3 is 2.18 bits per heavy atom. The Bertz CT molecular complexity index is 1480. The van der Waals surface area contributed by atoms with Gasteiger partial charge in [0.1, 0.15) is 0 Å². The number of carbonyl (C=O) groups excluding carboxylic acids is 1. The summed E-state index contributed by atoms with van der Waals surface area (Å²) in [7, 11) is -3.78. The normalized spacial score (nSPS) is 11.7. The van der Waals surface area contributed by atoms with E-state index in [0.717, 1.165) is 28.9 Å². The fourth-order valence-electron chi connectivity index (χ4n) is 4.34. The highest BCUT2D eigenvalue weighted by atomic mass is 32.2. The smallest absolute Gasteiger partial charge is 0.264 e. The minimum absolute atomic E-state index is 0.143. The zero-order valence-electron chi connectivity index (χ0n) is 22.3. The number of anilines is 2. The molecule has 0 atom stereocenters. The molecule has 0 bridgehead atoms. The summed E-state index contributed by atoms with van der Waals surface area (Å²) in [5.74, 6) is -0.202. The summed E-state index contributed by atoms with van der Waals surface area (Å²) >= 11 is 1.49. The number of aryl methyl sites for hydroxylation is 1. The lowest BCUT2D eigenvalue weighted by molar-refractivity contribution is 0.0983. The first-order valence-corrected chi connectivity index (χ1v) is 15.1. The predicted octanol–water partition coefficient (Wildman–Crippen LogP) is 5.81. The van der Waals surface area contributed by atoms with Gasteiger partial charge in [0.05, 0.1) is 20.8 Å². The van der Waals surface area contributed by atoms with Gasteiger partial charge in [-0.05, 0) is 81.0 Å². The molecule has 200 valence electrons. The van der Waals surface area contributed by atoms with Crippen molar-refractivity contribution in [3.8, 4) is 0 Å². The van der Waals surface area contributed by atoms with Gasteiger partial charge in [-0.2, -0.15) is 0 Å². The summed E-state index contributed by atoms with van der Waals surface area (Å²) in [6, 6.07) is 21.3. The first kappa shape index (κ1) is 27.8. The van der Waals surface area contributed by atoms with E-state index in [1.54, 1.807) is 36.1 Å². The second-order valence-corrected chi connectivity index (χ2v) is 11.9. The Kier molecular flexibility index (Phi) is 8.81. The number of rotatable bonds is 11. The highest BCUT2D eigenvalue weighted by Crippen LogP contribution is 2.31. The highest BCUT2D eigenvalue weighted by molar-refractivity contribution is 7.92. The van der Waals surface area contributed by atoms with E-state index < -0.39 is 10.0 Å². The SMILES string of the molecule is CCN(CC)CCN(C(=O)c1ccc(S(=O)(=O)N(CC)c2ccccc2)cc1)c1nc2ccc(C)cc2s1. The molecule has 4 aromatic rings. The first-order valence-electron chi connectivity index (χ1n) is 12.9. The number of benzene rings is 3. The summed E-state index contributed by atoms with van der Waals surface area (Å²) < 4.78 is 29.2. The van der Waals surface area contributed by atoms with Crippen LogP contribution in [0.15, 0.2) is 77.7 Å². The number of aromatic nitrogens is 1. The van der Waals surface area contributed by atoms with Crippen molar-refractivity contribution < 1.29 is 13.2 Å². The predicted molar refractivity (Wildman–Crippen MR) is 157 cm³/mol. The van der Waals surface area contributed by atoms with E-state index in [0.29, 0.717) is 36.0 Å². The lowest BCUT2D eigenvalue weighted by atomic mass is 10.2. The molecule has 4 rings (SSSR count). The molecule has 1 aromatic heterocycles. The van der Waals surface area contributed by atoms with Crippen molar-refractivity contribution in [2.24, 2.45) is 0 Å². The number of amides is 1. The quantitative estimate of drug-likeness (QED) is 0.236. The van der Waals surface area contributed by atoms with Crippen molar-refractivity contribution in [3.63, 3.8) is 0 Å². The van der Waals surface area contributed by atoms with Crippen LogP contribution in [0.5, 0.6) is 0 Å². The number of para-hydroxylation sites is 1. The number of hydrogen-bond acceptors (Lipinski definition) is 6. The molecule has 0 saturated heterocycles. The summed E-state index contributed by atoms with van der Waals surface area (Å²) in [6.45, 7) is 11.3. The molecule has 7 nitrogen and oxygen atoms in total. The molecule has 0 aliphatic heterocycles. The van der Waals surface area contributed by atoms with E-state index in [4.69, 9.17) is 4.98 Å². The van der Waals surface area contributed by atoms with Crippen molar-refractivity contribution >= 4 is 48.3 Å². The second kappa shape index (κ2) is 12.1. The van der Waals surface area contributed by atoms with Gasteiger partial charge in [-0.25, -0.2) is 13.4 Å². The van der Waals surface area contributed by atoms with Crippen molar-refractivity contribution in [2.75, 3.05) is 41.9 Å². The Balaban J connectivity index is 1.64. The summed E-state index contributed by atoms with van der Waals surface area (Å²) in [4.78, 5) is 22.6. The van der Waals surface area contributed by atoms with E-state index >= 15 is 0 Å². The van der Waals surface area contributed by atoms with Gasteiger partial charge >= 0.3 is 0 Å². The van der Waals surface area contributed by atoms with Gasteiger partial charge in [-0.15, -0.1) is 0 Å². The van der Waals surface area contributed by atoms with E-state index in [-0.39, 0.29) is 10.8 Å². The monoisotopic (exact) mass is 550 g/mol. The number of carbonyl (C=O) groups is 1. The second-order valence-electron chi connectivity index (χ2n) is 8.98. The van der Waals surface area contributed by atoms with Crippen molar-refractivity contribution in [1.82, 2.24) is 9.88 Å². The molecule has 0 N–H and O–H groups in total. The summed E-state index contributed by atoms with van der Waals surface area (Å²) in [5.41, 5.74) is 3.02.